The molecule has 0 atom stereocenters. The normalized spacial score (nSPS) is 10.6. The molecule has 1 heterocycles. The molecule has 2 N–H and O–H groups in total. The van der Waals surface area contributed by atoms with Crippen molar-refractivity contribution in [1.29, 1.82) is 0 Å². The van der Waals surface area contributed by atoms with Crippen LogP contribution in [0.1, 0.15) is 16.7 Å². The van der Waals surface area contributed by atoms with Gasteiger partial charge in [0.05, 0.1) is 0 Å². The van der Waals surface area contributed by atoms with Gasteiger partial charge in [0.1, 0.15) is 5.58 Å². The van der Waals surface area contributed by atoms with Crippen LogP contribution in [0.25, 0.3) is 11.0 Å². The van der Waals surface area contributed by atoms with E-state index in [1.807, 2.05) is 38.1 Å². The van der Waals surface area contributed by atoms with Crippen LogP contribution in [0.15, 0.2) is 51.7 Å². The molecule has 0 spiro atoms. The highest BCUT2D eigenvalue weighted by Crippen LogP contribution is 2.22. The first-order valence-electron chi connectivity index (χ1n) is 7.63. The standard InChI is InChI=1S/C19H18N2O2S/c1-11-5-4-6-16(13(11)3)21-19(24)20-14-7-8-15-12(2)9-18(22)23-17(15)10-14/h4-10H,1-3H3,(H2,20,21,24). The van der Waals surface area contributed by atoms with Crippen LogP contribution < -0.4 is 16.3 Å². The van der Waals surface area contributed by atoms with Crippen molar-refractivity contribution in [3.63, 3.8) is 0 Å². The molecule has 24 heavy (non-hydrogen) atoms. The molecule has 0 bridgehead atoms. The van der Waals surface area contributed by atoms with E-state index in [0.29, 0.717) is 10.7 Å². The van der Waals surface area contributed by atoms with Crippen LogP contribution in [-0.4, -0.2) is 5.11 Å². The van der Waals surface area contributed by atoms with E-state index in [2.05, 4.69) is 23.6 Å². The largest absolute Gasteiger partial charge is 0.423 e. The number of nitrogens with one attached hydrogen (secondary N) is 2. The molecule has 122 valence electrons. The minimum atomic E-state index is -0.353. The maximum Gasteiger partial charge on any atom is 0.336 e. The highest BCUT2D eigenvalue weighted by atomic mass is 32.1. The second-order valence-corrected chi connectivity index (χ2v) is 6.19. The summed E-state index contributed by atoms with van der Waals surface area (Å²) >= 11 is 5.38. The van der Waals surface area contributed by atoms with Gasteiger partial charge in [0, 0.05) is 28.9 Å². The quantitative estimate of drug-likeness (QED) is 0.531. The third-order valence-electron chi connectivity index (χ3n) is 4.06. The highest BCUT2D eigenvalue weighted by molar-refractivity contribution is 7.80. The van der Waals surface area contributed by atoms with E-state index in [4.69, 9.17) is 16.6 Å². The van der Waals surface area contributed by atoms with Gasteiger partial charge in [-0.25, -0.2) is 4.79 Å². The summed E-state index contributed by atoms with van der Waals surface area (Å²) < 4.78 is 5.26. The summed E-state index contributed by atoms with van der Waals surface area (Å²) in [5.41, 5.74) is 5.17. The Morgan fingerprint density at radius 2 is 1.79 bits per heavy atom. The molecule has 3 rings (SSSR count). The van der Waals surface area contributed by atoms with E-state index in [1.54, 1.807) is 6.07 Å². The van der Waals surface area contributed by atoms with E-state index in [1.165, 1.54) is 11.6 Å². The summed E-state index contributed by atoms with van der Waals surface area (Å²) in [6, 6.07) is 13.1. The summed E-state index contributed by atoms with van der Waals surface area (Å²) in [5, 5.41) is 7.72. The topological polar surface area (TPSA) is 54.3 Å². The maximum absolute atomic E-state index is 11.5. The number of thiocarbonyl (C=S) groups is 1. The molecule has 2 aromatic carbocycles. The SMILES string of the molecule is Cc1cccc(NC(=S)Nc2ccc3c(C)cc(=O)oc3c2)c1C. The minimum absolute atomic E-state index is 0.353. The summed E-state index contributed by atoms with van der Waals surface area (Å²) in [4.78, 5) is 11.5. The Morgan fingerprint density at radius 3 is 2.58 bits per heavy atom. The third kappa shape index (κ3) is 3.31. The predicted molar refractivity (Wildman–Crippen MR) is 103 cm³/mol. The summed E-state index contributed by atoms with van der Waals surface area (Å²) in [6.45, 7) is 6.00. The lowest BCUT2D eigenvalue weighted by atomic mass is 10.1. The molecule has 0 aliphatic carbocycles. The van der Waals surface area contributed by atoms with Crippen molar-refractivity contribution in [3.05, 3.63) is 69.6 Å². The zero-order valence-corrected chi connectivity index (χ0v) is 14.6. The van der Waals surface area contributed by atoms with Crippen LogP contribution >= 0.6 is 12.2 Å². The van der Waals surface area contributed by atoms with Crippen LogP contribution in [0.4, 0.5) is 11.4 Å². The van der Waals surface area contributed by atoms with Crippen molar-refractivity contribution in [3.8, 4) is 0 Å². The monoisotopic (exact) mass is 338 g/mol. The van der Waals surface area contributed by atoms with Crippen molar-refractivity contribution >= 4 is 39.7 Å². The maximum atomic E-state index is 11.5. The lowest BCUT2D eigenvalue weighted by Gasteiger charge is -2.14. The molecule has 5 heteroatoms. The van der Waals surface area contributed by atoms with E-state index in [9.17, 15) is 4.79 Å². The van der Waals surface area contributed by atoms with Crippen molar-refractivity contribution in [1.82, 2.24) is 0 Å². The summed E-state index contributed by atoms with van der Waals surface area (Å²) in [6.07, 6.45) is 0. The van der Waals surface area contributed by atoms with Crippen molar-refractivity contribution in [2.45, 2.75) is 20.8 Å². The van der Waals surface area contributed by atoms with Gasteiger partial charge < -0.3 is 15.1 Å². The van der Waals surface area contributed by atoms with Gasteiger partial charge >= 0.3 is 5.63 Å². The fourth-order valence-corrected chi connectivity index (χ4v) is 2.80. The van der Waals surface area contributed by atoms with Gasteiger partial charge in [0.2, 0.25) is 0 Å². The Kier molecular flexibility index (Phi) is 4.36. The summed E-state index contributed by atoms with van der Waals surface area (Å²) in [5.74, 6) is 0. The number of anilines is 2. The van der Waals surface area contributed by atoms with E-state index in [0.717, 1.165) is 27.9 Å². The summed E-state index contributed by atoms with van der Waals surface area (Å²) in [7, 11) is 0. The molecule has 0 unspecified atom stereocenters. The number of aryl methyl sites for hydroxylation is 2. The molecule has 0 aliphatic rings. The zero-order valence-electron chi connectivity index (χ0n) is 13.8. The molecule has 0 radical (unpaired) electrons. The van der Waals surface area contributed by atoms with Gasteiger partial charge in [-0.05, 0) is 67.9 Å². The van der Waals surface area contributed by atoms with Crippen LogP contribution in [-0.2, 0) is 0 Å². The van der Waals surface area contributed by atoms with Gasteiger partial charge in [0.25, 0.3) is 0 Å². The Bertz CT molecular complexity index is 992. The molecule has 0 saturated carbocycles. The number of rotatable bonds is 2. The Balaban J connectivity index is 1.83. The average Bonchev–Trinajstić information content (AvgIpc) is 2.51. The van der Waals surface area contributed by atoms with Crippen molar-refractivity contribution in [2.75, 3.05) is 10.6 Å². The number of hydrogen-bond acceptors (Lipinski definition) is 3. The van der Waals surface area contributed by atoms with Crippen molar-refractivity contribution < 1.29 is 4.42 Å². The smallest absolute Gasteiger partial charge is 0.336 e. The third-order valence-corrected chi connectivity index (χ3v) is 4.27. The Morgan fingerprint density at radius 1 is 1.00 bits per heavy atom. The van der Waals surface area contributed by atoms with E-state index in [-0.39, 0.29) is 5.63 Å². The van der Waals surface area contributed by atoms with Crippen LogP contribution in [0.2, 0.25) is 0 Å². The Labute approximate surface area is 145 Å². The van der Waals surface area contributed by atoms with Crippen LogP contribution in [0.3, 0.4) is 0 Å². The van der Waals surface area contributed by atoms with Crippen LogP contribution in [0.5, 0.6) is 0 Å². The lowest BCUT2D eigenvalue weighted by Crippen LogP contribution is -2.19. The van der Waals surface area contributed by atoms with Gasteiger partial charge in [-0.2, -0.15) is 0 Å². The molecule has 0 aliphatic heterocycles. The number of fused-ring (bicyclic) bond motifs is 1. The Hall–Kier alpha value is -2.66. The van der Waals surface area contributed by atoms with Crippen LogP contribution in [0, 0.1) is 20.8 Å². The second kappa shape index (κ2) is 6.45. The number of hydrogen-bond donors (Lipinski definition) is 2. The fourth-order valence-electron chi connectivity index (χ4n) is 2.57. The minimum Gasteiger partial charge on any atom is -0.423 e. The van der Waals surface area contributed by atoms with E-state index >= 15 is 0 Å². The van der Waals surface area contributed by atoms with Gasteiger partial charge in [0.15, 0.2) is 5.11 Å². The lowest BCUT2D eigenvalue weighted by molar-refractivity contribution is 0.560. The molecular weight excluding hydrogens is 320 g/mol. The number of benzene rings is 2. The van der Waals surface area contributed by atoms with E-state index < -0.39 is 0 Å². The van der Waals surface area contributed by atoms with Gasteiger partial charge in [-0.3, -0.25) is 0 Å². The first-order valence-corrected chi connectivity index (χ1v) is 8.03. The molecule has 0 fully saturated rings. The second-order valence-electron chi connectivity index (χ2n) is 5.79. The van der Waals surface area contributed by atoms with Gasteiger partial charge in [-0.15, -0.1) is 0 Å². The molecule has 1 aromatic heterocycles. The first kappa shape index (κ1) is 16.2. The van der Waals surface area contributed by atoms with Crippen molar-refractivity contribution in [2.24, 2.45) is 0 Å². The fraction of sp³-hybridized carbons (Fsp3) is 0.158. The molecule has 0 saturated heterocycles. The first-order chi connectivity index (χ1) is 11.4. The predicted octanol–water partition coefficient (Wildman–Crippen LogP) is 4.53. The molecule has 4 nitrogen and oxygen atoms in total. The zero-order chi connectivity index (χ0) is 17.3. The molecule has 0 amide bonds. The van der Waals surface area contributed by atoms with Gasteiger partial charge in [-0.1, -0.05) is 12.1 Å². The molecular formula is C19H18N2O2S. The molecule has 3 aromatic rings. The highest BCUT2D eigenvalue weighted by Gasteiger charge is 2.06. The average molecular weight is 338 g/mol.